The number of benzene rings is 2. The Labute approximate surface area is 165 Å². The van der Waals surface area contributed by atoms with E-state index in [4.69, 9.17) is 21.1 Å². The Hall–Kier alpha value is -2.46. The Balaban J connectivity index is 1.77. The van der Waals surface area contributed by atoms with Gasteiger partial charge in [-0.1, -0.05) is 41.9 Å². The molecule has 0 aliphatic carbocycles. The molecule has 1 saturated heterocycles. The first-order chi connectivity index (χ1) is 13.1. The van der Waals surface area contributed by atoms with Crippen LogP contribution in [0.15, 0.2) is 48.5 Å². The zero-order chi connectivity index (χ0) is 19.2. The first kappa shape index (κ1) is 19.3. The quantitative estimate of drug-likeness (QED) is 0.647. The van der Waals surface area contributed by atoms with Gasteiger partial charge in [-0.15, -0.1) is 0 Å². The van der Waals surface area contributed by atoms with E-state index in [0.29, 0.717) is 23.1 Å². The predicted octanol–water partition coefficient (Wildman–Crippen LogP) is 5.12. The average molecular weight is 386 g/mol. The Morgan fingerprint density at radius 2 is 2.07 bits per heavy atom. The molecule has 1 fully saturated rings. The van der Waals surface area contributed by atoms with Gasteiger partial charge in [0.2, 0.25) is 5.91 Å². The smallest absolute Gasteiger partial charge is 0.247 e. The standard InChI is InChI=1S/C22H24ClNO3/c1-3-27-22-18(23)14-16(15-20(22)26-2)11-12-21(25)24-13-7-10-19(24)17-8-5-4-6-9-17/h4-6,8-9,11-12,14-15,19H,3,7,10,13H2,1-2H3/b12-11+/t19-/m1/s1. The highest BCUT2D eigenvalue weighted by Gasteiger charge is 2.28. The minimum absolute atomic E-state index is 0.00493. The van der Waals surface area contributed by atoms with Crippen molar-refractivity contribution in [2.45, 2.75) is 25.8 Å². The molecule has 4 nitrogen and oxygen atoms in total. The SMILES string of the molecule is CCOc1c(Cl)cc(/C=C/C(=O)N2CCC[C@@H]2c2ccccc2)cc1OC. The van der Waals surface area contributed by atoms with E-state index in [9.17, 15) is 4.79 Å². The fourth-order valence-corrected chi connectivity index (χ4v) is 3.71. The molecular weight excluding hydrogens is 362 g/mol. The molecule has 0 radical (unpaired) electrons. The highest BCUT2D eigenvalue weighted by atomic mass is 35.5. The van der Waals surface area contributed by atoms with Gasteiger partial charge in [-0.2, -0.15) is 0 Å². The van der Waals surface area contributed by atoms with Gasteiger partial charge in [0.25, 0.3) is 0 Å². The van der Waals surface area contributed by atoms with Crippen molar-refractivity contribution in [3.05, 3.63) is 64.7 Å². The Morgan fingerprint density at radius 3 is 2.78 bits per heavy atom. The van der Waals surface area contributed by atoms with E-state index in [2.05, 4.69) is 12.1 Å². The van der Waals surface area contributed by atoms with Crippen LogP contribution in [0.2, 0.25) is 5.02 Å². The van der Waals surface area contributed by atoms with Crippen LogP contribution in [0.1, 0.15) is 36.9 Å². The Bertz CT molecular complexity index is 820. The third kappa shape index (κ3) is 4.45. The van der Waals surface area contributed by atoms with E-state index in [0.717, 1.165) is 24.9 Å². The predicted molar refractivity (Wildman–Crippen MR) is 108 cm³/mol. The summed E-state index contributed by atoms with van der Waals surface area (Å²) in [4.78, 5) is 14.7. The summed E-state index contributed by atoms with van der Waals surface area (Å²) in [6.45, 7) is 3.16. The number of amides is 1. The molecule has 1 aliphatic rings. The number of ether oxygens (including phenoxy) is 2. The normalized spacial score (nSPS) is 16.7. The largest absolute Gasteiger partial charge is 0.493 e. The lowest BCUT2D eigenvalue weighted by Gasteiger charge is -2.23. The third-order valence-corrected chi connectivity index (χ3v) is 4.96. The molecule has 0 unspecified atom stereocenters. The molecule has 2 aromatic carbocycles. The molecule has 1 heterocycles. The van der Waals surface area contributed by atoms with E-state index >= 15 is 0 Å². The van der Waals surface area contributed by atoms with Crippen molar-refractivity contribution in [3.8, 4) is 11.5 Å². The lowest BCUT2D eigenvalue weighted by Crippen LogP contribution is -2.28. The highest BCUT2D eigenvalue weighted by molar-refractivity contribution is 6.32. The third-order valence-electron chi connectivity index (χ3n) is 4.68. The fourth-order valence-electron chi connectivity index (χ4n) is 3.44. The first-order valence-electron chi connectivity index (χ1n) is 9.18. The van der Waals surface area contributed by atoms with Crippen molar-refractivity contribution in [3.63, 3.8) is 0 Å². The van der Waals surface area contributed by atoms with Gasteiger partial charge in [0.05, 0.1) is 24.8 Å². The molecule has 0 bridgehead atoms. The van der Waals surface area contributed by atoms with Crippen molar-refractivity contribution >= 4 is 23.6 Å². The maximum atomic E-state index is 12.8. The van der Waals surface area contributed by atoms with Gasteiger partial charge in [0.15, 0.2) is 11.5 Å². The average Bonchev–Trinajstić information content (AvgIpc) is 3.18. The number of carbonyl (C=O) groups is 1. The van der Waals surface area contributed by atoms with Crippen molar-refractivity contribution in [1.29, 1.82) is 0 Å². The van der Waals surface area contributed by atoms with E-state index in [-0.39, 0.29) is 11.9 Å². The van der Waals surface area contributed by atoms with Gasteiger partial charge >= 0.3 is 0 Å². The first-order valence-corrected chi connectivity index (χ1v) is 9.55. The number of rotatable bonds is 6. The van der Waals surface area contributed by atoms with Crippen molar-refractivity contribution in [2.24, 2.45) is 0 Å². The van der Waals surface area contributed by atoms with Crippen LogP contribution >= 0.6 is 11.6 Å². The Morgan fingerprint density at radius 1 is 1.30 bits per heavy atom. The zero-order valence-electron chi connectivity index (χ0n) is 15.7. The molecule has 142 valence electrons. The second kappa shape index (κ2) is 8.96. The van der Waals surface area contributed by atoms with Crippen LogP contribution in [0.25, 0.3) is 6.08 Å². The zero-order valence-corrected chi connectivity index (χ0v) is 16.4. The minimum atomic E-state index is 0.00493. The number of hydrogen-bond donors (Lipinski definition) is 0. The topological polar surface area (TPSA) is 38.8 Å². The van der Waals surface area contributed by atoms with Crippen molar-refractivity contribution < 1.29 is 14.3 Å². The van der Waals surface area contributed by atoms with Gasteiger partial charge in [-0.3, -0.25) is 4.79 Å². The molecule has 2 aromatic rings. The maximum absolute atomic E-state index is 12.8. The maximum Gasteiger partial charge on any atom is 0.247 e. The van der Waals surface area contributed by atoms with Gasteiger partial charge in [0.1, 0.15) is 0 Å². The second-order valence-corrected chi connectivity index (χ2v) is 6.81. The molecule has 0 saturated carbocycles. The highest BCUT2D eigenvalue weighted by Crippen LogP contribution is 2.37. The molecule has 1 atom stereocenters. The van der Waals surface area contributed by atoms with Crippen LogP contribution in [0.3, 0.4) is 0 Å². The number of methoxy groups -OCH3 is 1. The van der Waals surface area contributed by atoms with E-state index in [1.807, 2.05) is 36.1 Å². The van der Waals surface area contributed by atoms with Crippen molar-refractivity contribution in [2.75, 3.05) is 20.3 Å². The minimum Gasteiger partial charge on any atom is -0.493 e. The number of carbonyl (C=O) groups excluding carboxylic acids is 1. The molecule has 0 N–H and O–H groups in total. The summed E-state index contributed by atoms with van der Waals surface area (Å²) in [6.07, 6.45) is 5.38. The number of likely N-dealkylation sites (tertiary alicyclic amines) is 1. The fraction of sp³-hybridized carbons (Fsp3) is 0.318. The molecule has 0 spiro atoms. The van der Waals surface area contributed by atoms with Crippen LogP contribution < -0.4 is 9.47 Å². The summed E-state index contributed by atoms with van der Waals surface area (Å²) in [5, 5.41) is 0.464. The molecule has 0 aromatic heterocycles. The summed E-state index contributed by atoms with van der Waals surface area (Å²) in [6, 6.07) is 13.9. The molecule has 5 heteroatoms. The summed E-state index contributed by atoms with van der Waals surface area (Å²) >= 11 is 6.30. The van der Waals surface area contributed by atoms with Gasteiger partial charge in [-0.25, -0.2) is 0 Å². The Kier molecular flexibility index (Phi) is 6.40. The number of nitrogens with zero attached hydrogens (tertiary/aromatic N) is 1. The molecule has 27 heavy (non-hydrogen) atoms. The summed E-state index contributed by atoms with van der Waals surface area (Å²) in [5.74, 6) is 1.08. The van der Waals surface area contributed by atoms with E-state index < -0.39 is 0 Å². The number of halogens is 1. The molecule has 1 amide bonds. The van der Waals surface area contributed by atoms with Crippen molar-refractivity contribution in [1.82, 2.24) is 4.90 Å². The van der Waals surface area contributed by atoms with Crippen LogP contribution in [-0.2, 0) is 4.79 Å². The molecular formula is C22H24ClNO3. The van der Waals surface area contributed by atoms with Gasteiger partial charge < -0.3 is 14.4 Å². The molecule has 1 aliphatic heterocycles. The van der Waals surface area contributed by atoms with Crippen LogP contribution in [0, 0.1) is 0 Å². The van der Waals surface area contributed by atoms with Crippen LogP contribution in [0.5, 0.6) is 11.5 Å². The lowest BCUT2D eigenvalue weighted by molar-refractivity contribution is -0.126. The second-order valence-electron chi connectivity index (χ2n) is 6.40. The molecule has 3 rings (SSSR count). The van der Waals surface area contributed by atoms with Crippen LogP contribution in [0.4, 0.5) is 0 Å². The lowest BCUT2D eigenvalue weighted by atomic mass is 10.0. The number of hydrogen-bond acceptors (Lipinski definition) is 3. The summed E-state index contributed by atoms with van der Waals surface area (Å²) < 4.78 is 10.9. The monoisotopic (exact) mass is 385 g/mol. The van der Waals surface area contributed by atoms with Gasteiger partial charge in [0, 0.05) is 12.6 Å². The van der Waals surface area contributed by atoms with E-state index in [1.54, 1.807) is 25.3 Å². The summed E-state index contributed by atoms with van der Waals surface area (Å²) in [7, 11) is 1.57. The van der Waals surface area contributed by atoms with Gasteiger partial charge in [-0.05, 0) is 49.1 Å². The van der Waals surface area contributed by atoms with Crippen LogP contribution in [-0.4, -0.2) is 31.1 Å². The van der Waals surface area contributed by atoms with E-state index in [1.165, 1.54) is 5.56 Å². The summed E-state index contributed by atoms with van der Waals surface area (Å²) in [5.41, 5.74) is 1.98.